The molecule has 0 aliphatic rings. The van der Waals surface area contributed by atoms with Crippen molar-refractivity contribution >= 4 is 11.0 Å². The normalized spacial score (nSPS) is 11.0. The molecule has 4 rings (SSSR count). The van der Waals surface area contributed by atoms with Crippen LogP contribution in [0.3, 0.4) is 0 Å². The quantitative estimate of drug-likeness (QED) is 0.590. The van der Waals surface area contributed by atoms with Gasteiger partial charge in [-0.1, -0.05) is 6.92 Å². The van der Waals surface area contributed by atoms with Gasteiger partial charge in [0, 0.05) is 18.7 Å². The summed E-state index contributed by atoms with van der Waals surface area (Å²) in [7, 11) is 0. The SMILES string of the molecule is CCc1nc2ccc(Oc3ccc(-c4ccn[nH]4)cc3)cc2[nH]1. The van der Waals surface area contributed by atoms with Crippen LogP contribution in [0.5, 0.6) is 11.5 Å². The van der Waals surface area contributed by atoms with Crippen LogP contribution in [0, 0.1) is 0 Å². The number of aryl methyl sites for hydroxylation is 1. The summed E-state index contributed by atoms with van der Waals surface area (Å²) in [5.74, 6) is 2.57. The van der Waals surface area contributed by atoms with Crippen LogP contribution >= 0.6 is 0 Å². The zero-order valence-electron chi connectivity index (χ0n) is 12.7. The van der Waals surface area contributed by atoms with Crippen molar-refractivity contribution in [3.63, 3.8) is 0 Å². The van der Waals surface area contributed by atoms with Gasteiger partial charge in [0.1, 0.15) is 17.3 Å². The molecular weight excluding hydrogens is 288 g/mol. The number of hydrogen-bond donors (Lipinski definition) is 2. The van der Waals surface area contributed by atoms with Gasteiger partial charge in [0.15, 0.2) is 0 Å². The van der Waals surface area contributed by atoms with Gasteiger partial charge in [-0.05, 0) is 48.0 Å². The van der Waals surface area contributed by atoms with Gasteiger partial charge in [-0.2, -0.15) is 5.10 Å². The van der Waals surface area contributed by atoms with E-state index in [9.17, 15) is 0 Å². The Bertz CT molecular complexity index is 923. The van der Waals surface area contributed by atoms with Crippen molar-refractivity contribution in [3.8, 4) is 22.8 Å². The predicted molar refractivity (Wildman–Crippen MR) is 89.6 cm³/mol. The third-order valence-electron chi connectivity index (χ3n) is 3.74. The van der Waals surface area contributed by atoms with Crippen LogP contribution < -0.4 is 4.74 Å². The molecular formula is C18H16N4O. The molecule has 0 saturated carbocycles. The average molecular weight is 304 g/mol. The molecule has 0 aliphatic heterocycles. The van der Waals surface area contributed by atoms with Crippen molar-refractivity contribution in [3.05, 3.63) is 60.6 Å². The number of rotatable bonds is 4. The van der Waals surface area contributed by atoms with Crippen LogP contribution in [0.15, 0.2) is 54.7 Å². The van der Waals surface area contributed by atoms with Gasteiger partial charge in [-0.25, -0.2) is 4.98 Å². The number of nitrogens with one attached hydrogen (secondary N) is 2. The number of H-pyrrole nitrogens is 2. The van der Waals surface area contributed by atoms with Crippen molar-refractivity contribution in [2.24, 2.45) is 0 Å². The monoisotopic (exact) mass is 304 g/mol. The number of fused-ring (bicyclic) bond motifs is 1. The van der Waals surface area contributed by atoms with Crippen LogP contribution in [0.25, 0.3) is 22.3 Å². The van der Waals surface area contributed by atoms with Gasteiger partial charge < -0.3 is 9.72 Å². The lowest BCUT2D eigenvalue weighted by Gasteiger charge is -2.06. The van der Waals surface area contributed by atoms with Gasteiger partial charge in [0.2, 0.25) is 0 Å². The molecule has 5 heteroatoms. The molecule has 0 unspecified atom stereocenters. The second-order valence-corrected chi connectivity index (χ2v) is 5.31. The maximum Gasteiger partial charge on any atom is 0.129 e. The standard InChI is InChI=1S/C18H16N4O/c1-2-18-20-16-8-7-14(11-17(16)21-18)23-13-5-3-12(4-6-13)15-9-10-19-22-15/h3-11H,2H2,1H3,(H,19,22)(H,20,21). The minimum absolute atomic E-state index is 0.790. The third kappa shape index (κ3) is 2.68. The number of aromatic nitrogens is 4. The predicted octanol–water partition coefficient (Wildman–Crippen LogP) is 4.31. The van der Waals surface area contributed by atoms with Crippen molar-refractivity contribution in [2.45, 2.75) is 13.3 Å². The molecule has 4 aromatic rings. The lowest BCUT2D eigenvalue weighted by Crippen LogP contribution is -1.85. The Kier molecular flexibility index (Phi) is 3.31. The van der Waals surface area contributed by atoms with Gasteiger partial charge in [-0.3, -0.25) is 5.10 Å². The summed E-state index contributed by atoms with van der Waals surface area (Å²) in [6, 6.07) is 15.7. The lowest BCUT2D eigenvalue weighted by atomic mass is 10.1. The first-order valence-electron chi connectivity index (χ1n) is 7.58. The highest BCUT2D eigenvalue weighted by molar-refractivity contribution is 5.77. The molecule has 0 amide bonds. The molecule has 0 atom stereocenters. The Balaban J connectivity index is 1.57. The van der Waals surface area contributed by atoms with Crippen LogP contribution in [0.1, 0.15) is 12.7 Å². The van der Waals surface area contributed by atoms with Crippen molar-refractivity contribution in [1.29, 1.82) is 0 Å². The molecule has 0 saturated heterocycles. The number of aromatic amines is 2. The maximum atomic E-state index is 5.93. The summed E-state index contributed by atoms with van der Waals surface area (Å²) in [6.07, 6.45) is 2.63. The Hall–Kier alpha value is -3.08. The topological polar surface area (TPSA) is 66.6 Å². The number of imidazole rings is 1. The minimum atomic E-state index is 0.790. The van der Waals surface area contributed by atoms with E-state index < -0.39 is 0 Å². The number of hydrogen-bond acceptors (Lipinski definition) is 3. The Morgan fingerprint density at radius 2 is 1.83 bits per heavy atom. The smallest absolute Gasteiger partial charge is 0.129 e. The second-order valence-electron chi connectivity index (χ2n) is 5.31. The van der Waals surface area contributed by atoms with E-state index in [1.807, 2.05) is 48.5 Å². The molecule has 2 aromatic carbocycles. The molecule has 0 spiro atoms. The van der Waals surface area contributed by atoms with E-state index >= 15 is 0 Å². The second kappa shape index (κ2) is 5.61. The summed E-state index contributed by atoms with van der Waals surface area (Å²) >= 11 is 0. The molecule has 2 heterocycles. The summed E-state index contributed by atoms with van der Waals surface area (Å²) in [5, 5.41) is 6.91. The van der Waals surface area contributed by atoms with Gasteiger partial charge in [0.05, 0.1) is 16.7 Å². The Morgan fingerprint density at radius 1 is 1.00 bits per heavy atom. The summed E-state index contributed by atoms with van der Waals surface area (Å²) < 4.78 is 5.93. The third-order valence-corrected chi connectivity index (χ3v) is 3.74. The first-order valence-corrected chi connectivity index (χ1v) is 7.58. The molecule has 23 heavy (non-hydrogen) atoms. The van der Waals surface area contributed by atoms with Crippen LogP contribution in [0.4, 0.5) is 0 Å². The summed E-state index contributed by atoms with van der Waals surface area (Å²) in [6.45, 7) is 2.08. The fraction of sp³-hybridized carbons (Fsp3) is 0.111. The van der Waals surface area contributed by atoms with Crippen molar-refractivity contribution < 1.29 is 4.74 Å². The van der Waals surface area contributed by atoms with E-state index in [-0.39, 0.29) is 0 Å². The van der Waals surface area contributed by atoms with E-state index in [1.165, 1.54) is 0 Å². The Morgan fingerprint density at radius 3 is 2.57 bits per heavy atom. The molecule has 5 nitrogen and oxygen atoms in total. The fourth-order valence-electron chi connectivity index (χ4n) is 2.53. The first kappa shape index (κ1) is 13.6. The van der Waals surface area contributed by atoms with Crippen molar-refractivity contribution in [1.82, 2.24) is 20.2 Å². The minimum Gasteiger partial charge on any atom is -0.457 e. The molecule has 0 bridgehead atoms. The maximum absolute atomic E-state index is 5.93. The molecule has 0 fully saturated rings. The van der Waals surface area contributed by atoms with Crippen LogP contribution in [-0.2, 0) is 6.42 Å². The van der Waals surface area contributed by atoms with E-state index in [4.69, 9.17) is 4.74 Å². The van der Waals surface area contributed by atoms with E-state index in [2.05, 4.69) is 27.1 Å². The highest BCUT2D eigenvalue weighted by Gasteiger charge is 2.05. The van der Waals surface area contributed by atoms with E-state index in [0.29, 0.717) is 0 Å². The lowest BCUT2D eigenvalue weighted by molar-refractivity contribution is 0.483. The first-order chi connectivity index (χ1) is 11.3. The summed E-state index contributed by atoms with van der Waals surface area (Å²) in [5.41, 5.74) is 4.02. The molecule has 114 valence electrons. The van der Waals surface area contributed by atoms with Gasteiger partial charge in [-0.15, -0.1) is 0 Å². The molecule has 0 radical (unpaired) electrons. The zero-order chi connectivity index (χ0) is 15.6. The largest absolute Gasteiger partial charge is 0.457 e. The van der Waals surface area contributed by atoms with E-state index in [1.54, 1.807) is 6.20 Å². The number of benzene rings is 2. The zero-order valence-corrected chi connectivity index (χ0v) is 12.7. The van der Waals surface area contributed by atoms with E-state index in [0.717, 1.165) is 46.0 Å². The highest BCUT2D eigenvalue weighted by Crippen LogP contribution is 2.27. The van der Waals surface area contributed by atoms with Crippen molar-refractivity contribution in [2.75, 3.05) is 0 Å². The van der Waals surface area contributed by atoms with Crippen LogP contribution in [-0.4, -0.2) is 20.2 Å². The highest BCUT2D eigenvalue weighted by atomic mass is 16.5. The number of ether oxygens (including phenoxy) is 1. The Labute approximate surface area is 133 Å². The van der Waals surface area contributed by atoms with Gasteiger partial charge >= 0.3 is 0 Å². The molecule has 2 aromatic heterocycles. The average Bonchev–Trinajstić information content (AvgIpc) is 3.24. The van der Waals surface area contributed by atoms with Gasteiger partial charge in [0.25, 0.3) is 0 Å². The molecule has 2 N–H and O–H groups in total. The fourth-order valence-corrected chi connectivity index (χ4v) is 2.53. The van der Waals surface area contributed by atoms with Crippen LogP contribution in [0.2, 0.25) is 0 Å². The molecule has 0 aliphatic carbocycles. The number of nitrogens with zero attached hydrogens (tertiary/aromatic N) is 2. The summed E-state index contributed by atoms with van der Waals surface area (Å²) in [4.78, 5) is 7.80.